The van der Waals surface area contributed by atoms with Gasteiger partial charge in [-0.3, -0.25) is 14.9 Å². The first kappa shape index (κ1) is 17.1. The van der Waals surface area contributed by atoms with E-state index < -0.39 is 4.92 Å². The van der Waals surface area contributed by atoms with Crippen LogP contribution in [0.3, 0.4) is 0 Å². The van der Waals surface area contributed by atoms with Crippen LogP contribution in [0.2, 0.25) is 0 Å². The van der Waals surface area contributed by atoms with Crippen molar-refractivity contribution in [2.75, 3.05) is 31.1 Å². The van der Waals surface area contributed by atoms with Crippen LogP contribution in [0.5, 0.6) is 0 Å². The van der Waals surface area contributed by atoms with Gasteiger partial charge in [0.2, 0.25) is 11.6 Å². The summed E-state index contributed by atoms with van der Waals surface area (Å²) in [7, 11) is 0. The third-order valence-electron chi connectivity index (χ3n) is 5.00. The number of hydrogen-bond donors (Lipinski definition) is 0. The number of piperidine rings is 2. The zero-order chi connectivity index (χ0) is 17.8. The fourth-order valence-corrected chi connectivity index (χ4v) is 3.58. The number of hydrogen-bond acceptors (Lipinski definition) is 6. The van der Waals surface area contributed by atoms with Crippen molar-refractivity contribution in [1.29, 1.82) is 5.26 Å². The molecule has 0 unspecified atom stereocenters. The van der Waals surface area contributed by atoms with E-state index in [1.165, 1.54) is 12.5 Å². The van der Waals surface area contributed by atoms with Crippen molar-refractivity contribution in [3.05, 3.63) is 27.9 Å². The quantitative estimate of drug-likeness (QED) is 0.615. The Balaban J connectivity index is 1.63. The number of nitrogens with zero attached hydrogens (tertiary/aromatic N) is 5. The number of pyridine rings is 1. The number of carbonyl (C=O) groups is 1. The summed E-state index contributed by atoms with van der Waals surface area (Å²) in [6.07, 6.45) is 4.88. The molecule has 3 heterocycles. The third-order valence-corrected chi connectivity index (χ3v) is 5.00. The number of amides is 1. The van der Waals surface area contributed by atoms with Crippen molar-refractivity contribution in [2.45, 2.75) is 32.1 Å². The molecule has 0 N–H and O–H groups in total. The van der Waals surface area contributed by atoms with Crippen molar-refractivity contribution in [3.63, 3.8) is 0 Å². The molecule has 25 heavy (non-hydrogen) atoms. The molecule has 1 aromatic heterocycles. The zero-order valence-electron chi connectivity index (χ0n) is 14.1. The molecule has 3 rings (SSSR count). The number of aromatic nitrogens is 1. The number of rotatable bonds is 3. The van der Waals surface area contributed by atoms with E-state index in [0.717, 1.165) is 38.8 Å². The summed E-state index contributed by atoms with van der Waals surface area (Å²) in [4.78, 5) is 31.0. The third kappa shape index (κ3) is 3.71. The molecule has 1 amide bonds. The molecular formula is C17H21N5O3. The van der Waals surface area contributed by atoms with Crippen molar-refractivity contribution in [1.82, 2.24) is 9.88 Å². The Kier molecular flexibility index (Phi) is 5.12. The Labute approximate surface area is 146 Å². The van der Waals surface area contributed by atoms with Crippen LogP contribution >= 0.6 is 0 Å². The second kappa shape index (κ2) is 7.47. The summed E-state index contributed by atoms with van der Waals surface area (Å²) in [5, 5.41) is 20.0. The van der Waals surface area contributed by atoms with Gasteiger partial charge in [0, 0.05) is 38.2 Å². The molecule has 0 aliphatic carbocycles. The summed E-state index contributed by atoms with van der Waals surface area (Å²) < 4.78 is 0. The molecule has 2 aliphatic rings. The molecule has 0 aromatic carbocycles. The van der Waals surface area contributed by atoms with E-state index in [4.69, 9.17) is 5.26 Å². The van der Waals surface area contributed by atoms with Gasteiger partial charge in [-0.2, -0.15) is 5.26 Å². The molecule has 0 saturated carbocycles. The van der Waals surface area contributed by atoms with Gasteiger partial charge in [-0.15, -0.1) is 0 Å². The van der Waals surface area contributed by atoms with Crippen LogP contribution in [0.4, 0.5) is 11.5 Å². The van der Waals surface area contributed by atoms with Crippen molar-refractivity contribution >= 4 is 17.4 Å². The van der Waals surface area contributed by atoms with Crippen molar-refractivity contribution in [2.24, 2.45) is 5.92 Å². The molecule has 0 bridgehead atoms. The Hall–Kier alpha value is -2.69. The Bertz CT molecular complexity index is 701. The van der Waals surface area contributed by atoms with E-state index >= 15 is 0 Å². The highest BCUT2D eigenvalue weighted by molar-refractivity contribution is 5.79. The van der Waals surface area contributed by atoms with Gasteiger partial charge in [0.05, 0.1) is 4.92 Å². The second-order valence-corrected chi connectivity index (χ2v) is 6.55. The fourth-order valence-electron chi connectivity index (χ4n) is 3.58. The summed E-state index contributed by atoms with van der Waals surface area (Å²) in [6.45, 7) is 3.07. The summed E-state index contributed by atoms with van der Waals surface area (Å²) in [6, 6.07) is 4.69. The number of nitro groups is 1. The predicted molar refractivity (Wildman–Crippen MR) is 91.0 cm³/mol. The minimum Gasteiger partial charge on any atom is -0.357 e. The molecule has 1 aromatic rings. The maximum atomic E-state index is 12.6. The topological polar surface area (TPSA) is 103 Å². The largest absolute Gasteiger partial charge is 0.357 e. The zero-order valence-corrected chi connectivity index (χ0v) is 14.1. The van der Waals surface area contributed by atoms with E-state index in [0.29, 0.717) is 18.9 Å². The molecule has 8 nitrogen and oxygen atoms in total. The van der Waals surface area contributed by atoms with Gasteiger partial charge >= 0.3 is 5.69 Å². The predicted octanol–water partition coefficient (Wildman–Crippen LogP) is 2.09. The van der Waals surface area contributed by atoms with E-state index in [9.17, 15) is 14.9 Å². The van der Waals surface area contributed by atoms with Gasteiger partial charge in [0.25, 0.3) is 0 Å². The van der Waals surface area contributed by atoms with Gasteiger partial charge < -0.3 is 9.80 Å². The second-order valence-electron chi connectivity index (χ2n) is 6.55. The minimum absolute atomic E-state index is 0.0443. The SMILES string of the molecule is N#Cc1nc(N2CCC(C(=O)N3CCCCC3)CC2)ccc1[N+](=O)[O-]. The highest BCUT2D eigenvalue weighted by Gasteiger charge is 2.30. The monoisotopic (exact) mass is 343 g/mol. The smallest absolute Gasteiger partial charge is 0.305 e. The molecule has 2 aliphatic heterocycles. The minimum atomic E-state index is -0.598. The molecule has 2 saturated heterocycles. The van der Waals surface area contributed by atoms with Crippen LogP contribution in [0.1, 0.15) is 37.8 Å². The normalized spacial score (nSPS) is 18.7. The van der Waals surface area contributed by atoms with Gasteiger partial charge in [-0.1, -0.05) is 0 Å². The van der Waals surface area contributed by atoms with E-state index in [2.05, 4.69) is 4.98 Å². The van der Waals surface area contributed by atoms with Crippen LogP contribution in [0.25, 0.3) is 0 Å². The van der Waals surface area contributed by atoms with Crippen LogP contribution < -0.4 is 4.90 Å². The van der Waals surface area contributed by atoms with E-state index in [-0.39, 0.29) is 23.2 Å². The van der Waals surface area contributed by atoms with Crippen LogP contribution in [-0.2, 0) is 4.79 Å². The first-order chi connectivity index (χ1) is 12.1. The van der Waals surface area contributed by atoms with E-state index in [1.54, 1.807) is 12.1 Å². The van der Waals surface area contributed by atoms with Crippen molar-refractivity contribution < 1.29 is 9.72 Å². The lowest BCUT2D eigenvalue weighted by atomic mass is 9.94. The van der Waals surface area contributed by atoms with Crippen LogP contribution in [-0.4, -0.2) is 46.9 Å². The highest BCUT2D eigenvalue weighted by atomic mass is 16.6. The fraction of sp³-hybridized carbons (Fsp3) is 0.588. The molecule has 0 atom stereocenters. The lowest BCUT2D eigenvalue weighted by molar-refractivity contribution is -0.385. The van der Waals surface area contributed by atoms with Gasteiger partial charge in [0.1, 0.15) is 11.9 Å². The Morgan fingerprint density at radius 1 is 1.20 bits per heavy atom. The van der Waals surface area contributed by atoms with Crippen molar-refractivity contribution in [3.8, 4) is 6.07 Å². The van der Waals surface area contributed by atoms with Gasteiger partial charge in [-0.25, -0.2) is 4.98 Å². The molecule has 0 spiro atoms. The first-order valence-electron chi connectivity index (χ1n) is 8.69. The molecular weight excluding hydrogens is 322 g/mol. The number of anilines is 1. The maximum absolute atomic E-state index is 12.6. The summed E-state index contributed by atoms with van der Waals surface area (Å²) in [5.74, 6) is 0.863. The Morgan fingerprint density at radius 2 is 1.88 bits per heavy atom. The Morgan fingerprint density at radius 3 is 2.48 bits per heavy atom. The number of likely N-dealkylation sites (tertiary alicyclic amines) is 1. The van der Waals surface area contributed by atoms with Crippen LogP contribution in [0, 0.1) is 27.4 Å². The lowest BCUT2D eigenvalue weighted by Gasteiger charge is -2.36. The average molecular weight is 343 g/mol. The molecule has 0 radical (unpaired) electrons. The molecule has 2 fully saturated rings. The van der Waals surface area contributed by atoms with E-state index in [1.807, 2.05) is 9.80 Å². The lowest BCUT2D eigenvalue weighted by Crippen LogP contribution is -2.44. The highest BCUT2D eigenvalue weighted by Crippen LogP contribution is 2.26. The van der Waals surface area contributed by atoms with Gasteiger partial charge in [-0.05, 0) is 38.2 Å². The molecule has 132 valence electrons. The van der Waals surface area contributed by atoms with Gasteiger partial charge in [0.15, 0.2) is 0 Å². The van der Waals surface area contributed by atoms with Crippen LogP contribution in [0.15, 0.2) is 12.1 Å². The molecule has 8 heteroatoms. The summed E-state index contributed by atoms with van der Waals surface area (Å²) in [5.41, 5.74) is -0.449. The standard InChI is InChI=1S/C17H21N5O3/c18-12-14-15(22(24)25)4-5-16(19-14)20-10-6-13(7-11-20)17(23)21-8-2-1-3-9-21/h4-5,13H,1-3,6-11H2. The maximum Gasteiger partial charge on any atom is 0.305 e. The average Bonchev–Trinajstić information content (AvgIpc) is 2.67. The first-order valence-corrected chi connectivity index (χ1v) is 8.69. The summed E-state index contributed by atoms with van der Waals surface area (Å²) >= 11 is 0. The number of carbonyl (C=O) groups excluding carboxylic acids is 1. The number of nitriles is 1.